The summed E-state index contributed by atoms with van der Waals surface area (Å²) in [5, 5.41) is 3.07. The Morgan fingerprint density at radius 2 is 1.90 bits per heavy atom. The lowest BCUT2D eigenvalue weighted by Gasteiger charge is -2.36. The summed E-state index contributed by atoms with van der Waals surface area (Å²) in [6, 6.07) is 7.54. The molecule has 1 N–H and O–H groups in total. The van der Waals surface area contributed by atoms with Crippen LogP contribution in [0.3, 0.4) is 0 Å². The SMILES string of the molecule is COc1ccc(NC(=O)[C@H]2C[C@@H](C)CC[C@@H]2C(C)C)cc1. The van der Waals surface area contributed by atoms with E-state index < -0.39 is 0 Å². The van der Waals surface area contributed by atoms with Gasteiger partial charge in [-0.05, 0) is 54.9 Å². The number of carbonyl (C=O) groups excluding carboxylic acids is 1. The number of ether oxygens (including phenoxy) is 1. The Balaban J connectivity index is 2.05. The van der Waals surface area contributed by atoms with Crippen molar-refractivity contribution in [2.24, 2.45) is 23.7 Å². The van der Waals surface area contributed by atoms with Gasteiger partial charge < -0.3 is 10.1 Å². The molecule has 0 saturated heterocycles. The van der Waals surface area contributed by atoms with Crippen molar-refractivity contribution < 1.29 is 9.53 Å². The van der Waals surface area contributed by atoms with Gasteiger partial charge in [-0.3, -0.25) is 4.79 Å². The molecule has 0 aromatic heterocycles. The summed E-state index contributed by atoms with van der Waals surface area (Å²) in [5.74, 6) is 2.82. The normalized spacial score (nSPS) is 25.7. The number of amides is 1. The summed E-state index contributed by atoms with van der Waals surface area (Å²) >= 11 is 0. The summed E-state index contributed by atoms with van der Waals surface area (Å²) in [4.78, 5) is 12.6. The molecule has 21 heavy (non-hydrogen) atoms. The second-order valence-corrected chi connectivity index (χ2v) is 6.65. The van der Waals surface area contributed by atoms with Gasteiger partial charge in [-0.2, -0.15) is 0 Å². The Morgan fingerprint density at radius 1 is 1.24 bits per heavy atom. The quantitative estimate of drug-likeness (QED) is 0.895. The molecule has 0 radical (unpaired) electrons. The van der Waals surface area contributed by atoms with Gasteiger partial charge in [-0.15, -0.1) is 0 Å². The van der Waals surface area contributed by atoms with E-state index in [4.69, 9.17) is 4.74 Å². The molecule has 1 fully saturated rings. The van der Waals surface area contributed by atoms with Gasteiger partial charge in [0.25, 0.3) is 0 Å². The third kappa shape index (κ3) is 3.99. The molecular weight excluding hydrogens is 262 g/mol. The summed E-state index contributed by atoms with van der Waals surface area (Å²) < 4.78 is 5.14. The number of carbonyl (C=O) groups is 1. The van der Waals surface area contributed by atoms with Crippen LogP contribution in [0.5, 0.6) is 5.75 Å². The number of hydrogen-bond acceptors (Lipinski definition) is 2. The minimum Gasteiger partial charge on any atom is -0.497 e. The van der Waals surface area contributed by atoms with Gasteiger partial charge in [0, 0.05) is 11.6 Å². The molecule has 1 saturated carbocycles. The van der Waals surface area contributed by atoms with Crippen molar-refractivity contribution in [1.82, 2.24) is 0 Å². The van der Waals surface area contributed by atoms with Gasteiger partial charge >= 0.3 is 0 Å². The Labute approximate surface area is 128 Å². The maximum Gasteiger partial charge on any atom is 0.227 e. The van der Waals surface area contributed by atoms with Crippen LogP contribution < -0.4 is 10.1 Å². The predicted molar refractivity (Wildman–Crippen MR) is 86.5 cm³/mol. The smallest absolute Gasteiger partial charge is 0.227 e. The fourth-order valence-electron chi connectivity index (χ4n) is 3.41. The highest BCUT2D eigenvalue weighted by Gasteiger charge is 2.35. The molecule has 1 aromatic rings. The number of anilines is 1. The molecule has 3 nitrogen and oxygen atoms in total. The van der Waals surface area contributed by atoms with Crippen LogP contribution in [0.25, 0.3) is 0 Å². The first-order chi connectivity index (χ1) is 10.0. The van der Waals surface area contributed by atoms with Gasteiger partial charge in [0.15, 0.2) is 0 Å². The van der Waals surface area contributed by atoms with Crippen molar-refractivity contribution in [3.63, 3.8) is 0 Å². The van der Waals surface area contributed by atoms with E-state index in [1.54, 1.807) is 7.11 Å². The molecule has 1 aromatic carbocycles. The van der Waals surface area contributed by atoms with Gasteiger partial charge in [0.1, 0.15) is 5.75 Å². The number of rotatable bonds is 4. The molecule has 1 amide bonds. The highest BCUT2D eigenvalue weighted by atomic mass is 16.5. The maximum absolute atomic E-state index is 12.6. The van der Waals surface area contributed by atoms with Crippen LogP contribution in [0.2, 0.25) is 0 Å². The lowest BCUT2D eigenvalue weighted by molar-refractivity contribution is -0.123. The zero-order chi connectivity index (χ0) is 15.4. The van der Waals surface area contributed by atoms with E-state index in [1.165, 1.54) is 12.8 Å². The Morgan fingerprint density at radius 3 is 2.48 bits per heavy atom. The zero-order valence-electron chi connectivity index (χ0n) is 13.6. The molecular formula is C18H27NO2. The number of methoxy groups -OCH3 is 1. The molecule has 0 unspecified atom stereocenters. The first kappa shape index (κ1) is 15.9. The number of nitrogens with one attached hydrogen (secondary N) is 1. The van der Waals surface area contributed by atoms with Gasteiger partial charge in [-0.1, -0.05) is 27.2 Å². The van der Waals surface area contributed by atoms with E-state index in [0.717, 1.165) is 17.9 Å². The van der Waals surface area contributed by atoms with Crippen LogP contribution in [-0.4, -0.2) is 13.0 Å². The fourth-order valence-corrected chi connectivity index (χ4v) is 3.41. The van der Waals surface area contributed by atoms with E-state index in [2.05, 4.69) is 26.1 Å². The summed E-state index contributed by atoms with van der Waals surface area (Å²) in [7, 11) is 1.64. The topological polar surface area (TPSA) is 38.3 Å². The third-order valence-corrected chi connectivity index (χ3v) is 4.72. The van der Waals surface area contributed by atoms with Crippen molar-refractivity contribution in [2.75, 3.05) is 12.4 Å². The Kier molecular flexibility index (Phi) is 5.27. The minimum atomic E-state index is 0.135. The molecule has 0 spiro atoms. The summed E-state index contributed by atoms with van der Waals surface area (Å²) in [6.45, 7) is 6.72. The highest BCUT2D eigenvalue weighted by molar-refractivity contribution is 5.92. The second-order valence-electron chi connectivity index (χ2n) is 6.65. The largest absolute Gasteiger partial charge is 0.497 e. The van der Waals surface area contributed by atoms with Gasteiger partial charge in [0.2, 0.25) is 5.91 Å². The van der Waals surface area contributed by atoms with E-state index in [0.29, 0.717) is 17.8 Å². The molecule has 0 bridgehead atoms. The molecule has 0 heterocycles. The molecule has 2 rings (SSSR count). The fraction of sp³-hybridized carbons (Fsp3) is 0.611. The maximum atomic E-state index is 12.6. The second kappa shape index (κ2) is 6.97. The highest BCUT2D eigenvalue weighted by Crippen LogP contribution is 2.38. The number of hydrogen-bond donors (Lipinski definition) is 1. The lowest BCUT2D eigenvalue weighted by Crippen LogP contribution is -2.36. The van der Waals surface area contributed by atoms with Gasteiger partial charge in [-0.25, -0.2) is 0 Å². The van der Waals surface area contributed by atoms with Crippen LogP contribution in [0, 0.1) is 23.7 Å². The van der Waals surface area contributed by atoms with Crippen LogP contribution in [0.15, 0.2) is 24.3 Å². The summed E-state index contributed by atoms with van der Waals surface area (Å²) in [6.07, 6.45) is 3.42. The molecule has 116 valence electrons. The van der Waals surface area contributed by atoms with E-state index >= 15 is 0 Å². The van der Waals surface area contributed by atoms with Crippen LogP contribution in [0.4, 0.5) is 5.69 Å². The van der Waals surface area contributed by atoms with E-state index in [9.17, 15) is 4.79 Å². The molecule has 0 aliphatic heterocycles. The van der Waals surface area contributed by atoms with E-state index in [1.807, 2.05) is 24.3 Å². The zero-order valence-corrected chi connectivity index (χ0v) is 13.6. The van der Waals surface area contributed by atoms with E-state index in [-0.39, 0.29) is 11.8 Å². The molecule has 1 aliphatic rings. The molecule has 3 heteroatoms. The van der Waals surface area contributed by atoms with Gasteiger partial charge in [0.05, 0.1) is 7.11 Å². The summed E-state index contributed by atoms with van der Waals surface area (Å²) in [5.41, 5.74) is 0.849. The monoisotopic (exact) mass is 289 g/mol. The average Bonchev–Trinajstić information content (AvgIpc) is 2.47. The molecule has 1 aliphatic carbocycles. The standard InChI is InChI=1S/C18H27NO2/c1-12(2)16-10-5-13(3)11-17(16)18(20)19-14-6-8-15(21-4)9-7-14/h6-9,12-13,16-17H,5,10-11H2,1-4H3,(H,19,20)/t13-,16+,17-/m0/s1. The van der Waals surface area contributed by atoms with Crippen molar-refractivity contribution in [3.8, 4) is 5.75 Å². The first-order valence-electron chi connectivity index (χ1n) is 7.96. The minimum absolute atomic E-state index is 0.135. The van der Waals surface area contributed by atoms with Crippen LogP contribution in [0.1, 0.15) is 40.0 Å². The molecule has 3 atom stereocenters. The van der Waals surface area contributed by atoms with Crippen molar-refractivity contribution in [3.05, 3.63) is 24.3 Å². The number of benzene rings is 1. The van der Waals surface area contributed by atoms with Crippen LogP contribution >= 0.6 is 0 Å². The first-order valence-corrected chi connectivity index (χ1v) is 7.96. The van der Waals surface area contributed by atoms with Crippen molar-refractivity contribution >= 4 is 11.6 Å². The Hall–Kier alpha value is -1.51. The van der Waals surface area contributed by atoms with Crippen molar-refractivity contribution in [2.45, 2.75) is 40.0 Å². The van der Waals surface area contributed by atoms with Crippen molar-refractivity contribution in [1.29, 1.82) is 0 Å². The third-order valence-electron chi connectivity index (χ3n) is 4.72. The Bertz CT molecular complexity index is 467. The average molecular weight is 289 g/mol. The predicted octanol–water partition coefficient (Wildman–Crippen LogP) is 4.34. The lowest BCUT2D eigenvalue weighted by atomic mass is 9.70. The van der Waals surface area contributed by atoms with Crippen LogP contribution in [-0.2, 0) is 4.79 Å².